The van der Waals surface area contributed by atoms with E-state index in [9.17, 15) is 0 Å². The van der Waals surface area contributed by atoms with E-state index in [4.69, 9.17) is 0 Å². The molecule has 1 atom stereocenters. The van der Waals surface area contributed by atoms with Gasteiger partial charge in [0.2, 0.25) is 0 Å². The Kier molecular flexibility index (Phi) is 4.63. The zero-order valence-electron chi connectivity index (χ0n) is 11.9. The highest BCUT2D eigenvalue weighted by atomic mass is 14.9. The molecule has 1 aromatic carbocycles. The second-order valence-electron chi connectivity index (χ2n) is 4.79. The van der Waals surface area contributed by atoms with Crippen LogP contribution in [0.4, 0.5) is 0 Å². The van der Waals surface area contributed by atoms with Crippen LogP contribution in [0.3, 0.4) is 0 Å². The number of nitrogens with one attached hydrogen (secondary N) is 1. The third-order valence-electron chi connectivity index (χ3n) is 3.31. The molecule has 0 saturated carbocycles. The summed E-state index contributed by atoms with van der Waals surface area (Å²) in [4.78, 5) is 8.50. The highest BCUT2D eigenvalue weighted by molar-refractivity contribution is 5.24. The fraction of sp³-hybridized carbons (Fsp3) is 0.375. The van der Waals surface area contributed by atoms with E-state index in [1.165, 1.54) is 11.1 Å². The number of hydrogen-bond acceptors (Lipinski definition) is 3. The van der Waals surface area contributed by atoms with Crippen molar-refractivity contribution >= 4 is 0 Å². The highest BCUT2D eigenvalue weighted by Gasteiger charge is 2.05. The van der Waals surface area contributed by atoms with Crippen LogP contribution in [-0.4, -0.2) is 9.97 Å². The van der Waals surface area contributed by atoms with Gasteiger partial charge in [0.05, 0.1) is 5.69 Å². The van der Waals surface area contributed by atoms with Gasteiger partial charge in [0.15, 0.2) is 0 Å². The number of benzene rings is 1. The molecular weight excluding hydrogens is 234 g/mol. The lowest BCUT2D eigenvalue weighted by Crippen LogP contribution is -2.19. The summed E-state index contributed by atoms with van der Waals surface area (Å²) in [6.07, 6.45) is 2.89. The average Bonchev–Trinajstić information content (AvgIpc) is 2.45. The van der Waals surface area contributed by atoms with E-state index in [-0.39, 0.29) is 0 Å². The van der Waals surface area contributed by atoms with Crippen LogP contribution in [0.5, 0.6) is 0 Å². The standard InChI is InChI=1S/C16H21N3/c1-4-14-5-7-15(8-6-14)12(2)18-11-16-9-10-17-13(3)19-16/h5-10,12,18H,4,11H2,1-3H3. The van der Waals surface area contributed by atoms with Crippen molar-refractivity contribution in [2.45, 2.75) is 39.8 Å². The minimum atomic E-state index is 0.321. The Balaban J connectivity index is 1.95. The summed E-state index contributed by atoms with van der Waals surface area (Å²) in [5.74, 6) is 0.819. The van der Waals surface area contributed by atoms with E-state index >= 15 is 0 Å². The van der Waals surface area contributed by atoms with Crippen LogP contribution in [-0.2, 0) is 13.0 Å². The van der Waals surface area contributed by atoms with E-state index < -0.39 is 0 Å². The van der Waals surface area contributed by atoms with Gasteiger partial charge in [-0.15, -0.1) is 0 Å². The second-order valence-corrected chi connectivity index (χ2v) is 4.79. The Morgan fingerprint density at radius 3 is 2.53 bits per heavy atom. The molecule has 0 radical (unpaired) electrons. The van der Waals surface area contributed by atoms with Crippen LogP contribution in [0.15, 0.2) is 36.5 Å². The van der Waals surface area contributed by atoms with Crippen molar-refractivity contribution in [2.75, 3.05) is 0 Å². The van der Waals surface area contributed by atoms with Crippen molar-refractivity contribution in [1.82, 2.24) is 15.3 Å². The number of rotatable bonds is 5. The topological polar surface area (TPSA) is 37.8 Å². The first-order valence-corrected chi connectivity index (χ1v) is 6.79. The molecule has 0 bridgehead atoms. The second kappa shape index (κ2) is 6.43. The Bertz CT molecular complexity index is 520. The van der Waals surface area contributed by atoms with Gasteiger partial charge in [-0.2, -0.15) is 0 Å². The molecule has 1 N–H and O–H groups in total. The van der Waals surface area contributed by atoms with Gasteiger partial charge >= 0.3 is 0 Å². The van der Waals surface area contributed by atoms with E-state index in [0.29, 0.717) is 6.04 Å². The van der Waals surface area contributed by atoms with Crippen molar-refractivity contribution in [3.8, 4) is 0 Å². The summed E-state index contributed by atoms with van der Waals surface area (Å²) in [7, 11) is 0. The fourth-order valence-corrected chi connectivity index (χ4v) is 2.02. The minimum Gasteiger partial charge on any atom is -0.305 e. The maximum absolute atomic E-state index is 4.39. The van der Waals surface area contributed by atoms with E-state index in [1.54, 1.807) is 6.20 Å². The Morgan fingerprint density at radius 1 is 1.16 bits per heavy atom. The molecule has 0 spiro atoms. The van der Waals surface area contributed by atoms with E-state index in [0.717, 1.165) is 24.5 Å². The number of aromatic nitrogens is 2. The first-order valence-electron chi connectivity index (χ1n) is 6.79. The summed E-state index contributed by atoms with van der Waals surface area (Å²) in [6.45, 7) is 7.03. The molecule has 100 valence electrons. The van der Waals surface area contributed by atoms with Gasteiger partial charge in [-0.1, -0.05) is 31.2 Å². The molecule has 2 aromatic rings. The van der Waals surface area contributed by atoms with Gasteiger partial charge in [0, 0.05) is 18.8 Å². The van der Waals surface area contributed by atoms with Crippen LogP contribution in [0.25, 0.3) is 0 Å². The lowest BCUT2D eigenvalue weighted by molar-refractivity contribution is 0.566. The third kappa shape index (κ3) is 3.86. The summed E-state index contributed by atoms with van der Waals surface area (Å²) < 4.78 is 0. The van der Waals surface area contributed by atoms with Crippen LogP contribution < -0.4 is 5.32 Å². The Hall–Kier alpha value is -1.74. The minimum absolute atomic E-state index is 0.321. The largest absolute Gasteiger partial charge is 0.305 e. The predicted octanol–water partition coefficient (Wildman–Crippen LogP) is 3.20. The normalized spacial score (nSPS) is 12.4. The van der Waals surface area contributed by atoms with Gasteiger partial charge < -0.3 is 5.32 Å². The molecular formula is C16H21N3. The summed E-state index contributed by atoms with van der Waals surface area (Å²) in [5, 5.41) is 3.49. The molecule has 19 heavy (non-hydrogen) atoms. The van der Waals surface area contributed by atoms with E-state index in [1.807, 2.05) is 13.0 Å². The Labute approximate surface area is 115 Å². The highest BCUT2D eigenvalue weighted by Crippen LogP contribution is 2.14. The van der Waals surface area contributed by atoms with Crippen molar-refractivity contribution in [3.63, 3.8) is 0 Å². The number of nitrogens with zero attached hydrogens (tertiary/aromatic N) is 2. The zero-order chi connectivity index (χ0) is 13.7. The number of hydrogen-bond donors (Lipinski definition) is 1. The third-order valence-corrected chi connectivity index (χ3v) is 3.31. The quantitative estimate of drug-likeness (QED) is 0.891. The average molecular weight is 255 g/mol. The van der Waals surface area contributed by atoms with Gasteiger partial charge in [-0.3, -0.25) is 0 Å². The molecule has 3 heteroatoms. The van der Waals surface area contributed by atoms with Crippen molar-refractivity contribution in [2.24, 2.45) is 0 Å². The lowest BCUT2D eigenvalue weighted by atomic mass is 10.0. The first-order chi connectivity index (χ1) is 9.19. The van der Waals surface area contributed by atoms with Gasteiger partial charge in [-0.05, 0) is 37.5 Å². The predicted molar refractivity (Wildman–Crippen MR) is 77.8 cm³/mol. The fourth-order valence-electron chi connectivity index (χ4n) is 2.02. The molecule has 0 saturated heterocycles. The molecule has 0 fully saturated rings. The maximum atomic E-state index is 4.39. The van der Waals surface area contributed by atoms with Crippen molar-refractivity contribution in [3.05, 3.63) is 59.2 Å². The summed E-state index contributed by atoms with van der Waals surface area (Å²) >= 11 is 0. The van der Waals surface area contributed by atoms with Crippen LogP contribution >= 0.6 is 0 Å². The first kappa shape index (κ1) is 13.7. The zero-order valence-corrected chi connectivity index (χ0v) is 11.9. The van der Waals surface area contributed by atoms with Crippen LogP contribution in [0.2, 0.25) is 0 Å². The van der Waals surface area contributed by atoms with Crippen LogP contribution in [0, 0.1) is 6.92 Å². The molecule has 0 aliphatic heterocycles. The molecule has 1 aromatic heterocycles. The molecule has 0 aliphatic carbocycles. The molecule has 1 unspecified atom stereocenters. The van der Waals surface area contributed by atoms with Gasteiger partial charge in [-0.25, -0.2) is 9.97 Å². The summed E-state index contributed by atoms with van der Waals surface area (Å²) in [6, 6.07) is 11.1. The SMILES string of the molecule is CCc1ccc(C(C)NCc2ccnc(C)n2)cc1. The molecule has 0 aliphatic rings. The molecule has 0 amide bonds. The van der Waals surface area contributed by atoms with E-state index in [2.05, 4.69) is 53.4 Å². The molecule has 1 heterocycles. The summed E-state index contributed by atoms with van der Waals surface area (Å²) in [5.41, 5.74) is 3.72. The molecule has 3 nitrogen and oxygen atoms in total. The van der Waals surface area contributed by atoms with Gasteiger partial charge in [0.1, 0.15) is 5.82 Å². The lowest BCUT2D eigenvalue weighted by Gasteiger charge is -2.14. The maximum Gasteiger partial charge on any atom is 0.125 e. The van der Waals surface area contributed by atoms with Gasteiger partial charge in [0.25, 0.3) is 0 Å². The van der Waals surface area contributed by atoms with Crippen molar-refractivity contribution in [1.29, 1.82) is 0 Å². The smallest absolute Gasteiger partial charge is 0.125 e. The number of aryl methyl sites for hydroxylation is 2. The monoisotopic (exact) mass is 255 g/mol. The Morgan fingerprint density at radius 2 is 1.89 bits per heavy atom. The van der Waals surface area contributed by atoms with Crippen LogP contribution in [0.1, 0.15) is 42.5 Å². The molecule has 2 rings (SSSR count). The van der Waals surface area contributed by atoms with Crippen molar-refractivity contribution < 1.29 is 0 Å².